The smallest absolute Gasteiger partial charge is 0.178 e. The molecule has 5 heteroatoms. The summed E-state index contributed by atoms with van der Waals surface area (Å²) in [5.41, 5.74) is 2.08. The van der Waals surface area contributed by atoms with Gasteiger partial charge in [0, 0.05) is 13.3 Å². The number of ether oxygens (including phenoxy) is 1. The highest BCUT2D eigenvalue weighted by atomic mass is 32.1. The zero-order valence-electron chi connectivity index (χ0n) is 10.1. The molecule has 2 aromatic heterocycles. The van der Waals surface area contributed by atoms with E-state index in [1.807, 2.05) is 6.07 Å². The number of aromatic amines is 1. The van der Waals surface area contributed by atoms with Gasteiger partial charge in [0.25, 0.3) is 0 Å². The Labute approximate surface area is 106 Å². The molecule has 0 saturated carbocycles. The van der Waals surface area contributed by atoms with Crippen LogP contribution in [0.2, 0.25) is 0 Å². The monoisotopic (exact) mass is 251 g/mol. The van der Waals surface area contributed by atoms with Crippen molar-refractivity contribution in [3.05, 3.63) is 23.2 Å². The molecule has 1 unspecified atom stereocenters. The summed E-state index contributed by atoms with van der Waals surface area (Å²) in [5.74, 6) is 0. The second kappa shape index (κ2) is 5.42. The summed E-state index contributed by atoms with van der Waals surface area (Å²) in [5, 5.41) is 0. The molecule has 4 nitrogen and oxygen atoms in total. The van der Waals surface area contributed by atoms with Crippen LogP contribution in [-0.2, 0) is 4.74 Å². The zero-order chi connectivity index (χ0) is 12.3. The van der Waals surface area contributed by atoms with Crippen LogP contribution in [0, 0.1) is 4.77 Å². The van der Waals surface area contributed by atoms with Crippen LogP contribution in [0.3, 0.4) is 0 Å². The van der Waals surface area contributed by atoms with Crippen LogP contribution in [0.5, 0.6) is 0 Å². The number of H-pyrrole nitrogens is 1. The molecular formula is C12H17N3OS. The highest BCUT2D eigenvalue weighted by molar-refractivity contribution is 7.71. The van der Waals surface area contributed by atoms with Gasteiger partial charge in [0.15, 0.2) is 4.77 Å². The Bertz CT molecular complexity index is 540. The van der Waals surface area contributed by atoms with Gasteiger partial charge in [-0.1, -0.05) is 13.3 Å². The molecule has 0 amide bonds. The molecule has 0 aliphatic heterocycles. The predicted molar refractivity (Wildman–Crippen MR) is 70.7 cm³/mol. The van der Waals surface area contributed by atoms with E-state index in [2.05, 4.69) is 21.5 Å². The van der Waals surface area contributed by atoms with Crippen molar-refractivity contribution in [2.45, 2.75) is 25.8 Å². The van der Waals surface area contributed by atoms with Crippen LogP contribution in [-0.4, -0.2) is 28.3 Å². The molecule has 1 atom stereocenters. The molecule has 0 saturated heterocycles. The van der Waals surface area contributed by atoms with E-state index in [1.165, 1.54) is 0 Å². The van der Waals surface area contributed by atoms with Crippen molar-refractivity contribution in [1.29, 1.82) is 0 Å². The zero-order valence-corrected chi connectivity index (χ0v) is 11.0. The molecule has 2 aromatic rings. The first-order valence-electron chi connectivity index (χ1n) is 5.81. The van der Waals surface area contributed by atoms with E-state index in [9.17, 15) is 0 Å². The first kappa shape index (κ1) is 12.3. The van der Waals surface area contributed by atoms with Crippen molar-refractivity contribution in [2.24, 2.45) is 0 Å². The van der Waals surface area contributed by atoms with Gasteiger partial charge in [0.05, 0.1) is 29.9 Å². The summed E-state index contributed by atoms with van der Waals surface area (Å²) in [6, 6.07) is 2.27. The number of nitrogens with zero attached hydrogens (tertiary/aromatic N) is 2. The van der Waals surface area contributed by atoms with E-state index in [4.69, 9.17) is 17.0 Å². The summed E-state index contributed by atoms with van der Waals surface area (Å²) in [6.07, 6.45) is 5.75. The van der Waals surface area contributed by atoms with Gasteiger partial charge < -0.3 is 14.3 Å². The number of hydrogen-bond donors (Lipinski definition) is 1. The van der Waals surface area contributed by atoms with E-state index in [-0.39, 0.29) is 6.04 Å². The first-order valence-corrected chi connectivity index (χ1v) is 6.22. The molecule has 0 aliphatic carbocycles. The van der Waals surface area contributed by atoms with E-state index in [0.29, 0.717) is 6.61 Å². The van der Waals surface area contributed by atoms with Gasteiger partial charge in [0.2, 0.25) is 0 Å². The molecule has 0 bridgehead atoms. The number of fused-ring (bicyclic) bond motifs is 1. The van der Waals surface area contributed by atoms with Crippen LogP contribution in [0.1, 0.15) is 25.8 Å². The predicted octanol–water partition coefficient (Wildman–Crippen LogP) is 3.08. The Morgan fingerprint density at radius 2 is 2.41 bits per heavy atom. The fourth-order valence-corrected chi connectivity index (χ4v) is 2.51. The van der Waals surface area contributed by atoms with Crippen molar-refractivity contribution in [3.8, 4) is 0 Å². The molecule has 0 aromatic carbocycles. The van der Waals surface area contributed by atoms with Gasteiger partial charge in [0.1, 0.15) is 0 Å². The summed E-state index contributed by atoms with van der Waals surface area (Å²) in [6.45, 7) is 2.85. The number of pyridine rings is 1. The lowest BCUT2D eigenvalue weighted by molar-refractivity contribution is 0.151. The lowest BCUT2D eigenvalue weighted by Gasteiger charge is -2.17. The van der Waals surface area contributed by atoms with Gasteiger partial charge in [-0.3, -0.25) is 4.98 Å². The molecule has 0 spiro atoms. The van der Waals surface area contributed by atoms with Crippen molar-refractivity contribution in [3.63, 3.8) is 0 Å². The molecular weight excluding hydrogens is 234 g/mol. The number of methoxy groups -OCH3 is 1. The fraction of sp³-hybridized carbons (Fsp3) is 0.500. The van der Waals surface area contributed by atoms with Crippen molar-refractivity contribution < 1.29 is 4.74 Å². The van der Waals surface area contributed by atoms with E-state index in [1.54, 1.807) is 19.5 Å². The van der Waals surface area contributed by atoms with E-state index >= 15 is 0 Å². The van der Waals surface area contributed by atoms with Crippen LogP contribution in [0.4, 0.5) is 0 Å². The van der Waals surface area contributed by atoms with Crippen LogP contribution < -0.4 is 0 Å². The number of imidazole rings is 1. The fourth-order valence-electron chi connectivity index (χ4n) is 2.15. The first-order chi connectivity index (χ1) is 8.27. The molecule has 92 valence electrons. The maximum absolute atomic E-state index is 5.38. The normalized spacial score (nSPS) is 13.1. The minimum Gasteiger partial charge on any atom is -0.383 e. The third-order valence-corrected chi connectivity index (χ3v) is 3.16. The van der Waals surface area contributed by atoms with Gasteiger partial charge in [-0.25, -0.2) is 0 Å². The second-order valence-corrected chi connectivity index (χ2v) is 4.48. The third kappa shape index (κ3) is 2.40. The molecule has 1 N–H and O–H groups in total. The summed E-state index contributed by atoms with van der Waals surface area (Å²) in [7, 11) is 1.72. The Balaban J connectivity index is 2.51. The number of aromatic nitrogens is 3. The number of hydrogen-bond acceptors (Lipinski definition) is 3. The highest BCUT2D eigenvalue weighted by Crippen LogP contribution is 2.22. The maximum Gasteiger partial charge on any atom is 0.178 e. The van der Waals surface area contributed by atoms with E-state index in [0.717, 1.165) is 28.6 Å². The van der Waals surface area contributed by atoms with Crippen molar-refractivity contribution in [1.82, 2.24) is 14.5 Å². The molecule has 2 heterocycles. The Morgan fingerprint density at radius 1 is 1.59 bits per heavy atom. The van der Waals surface area contributed by atoms with Gasteiger partial charge >= 0.3 is 0 Å². The summed E-state index contributed by atoms with van der Waals surface area (Å²) < 4.78 is 8.17. The lowest BCUT2D eigenvalue weighted by atomic mass is 10.2. The Morgan fingerprint density at radius 3 is 3.12 bits per heavy atom. The molecule has 2 rings (SSSR count). The minimum atomic E-state index is 0.286. The third-order valence-electron chi connectivity index (χ3n) is 2.86. The largest absolute Gasteiger partial charge is 0.383 e. The maximum atomic E-state index is 5.38. The van der Waals surface area contributed by atoms with Gasteiger partial charge in [-0.2, -0.15) is 0 Å². The van der Waals surface area contributed by atoms with Crippen LogP contribution in [0.25, 0.3) is 11.0 Å². The Kier molecular flexibility index (Phi) is 3.91. The lowest BCUT2D eigenvalue weighted by Crippen LogP contribution is -2.14. The average molecular weight is 251 g/mol. The number of rotatable bonds is 5. The SMILES string of the molecule is CCCC(COC)n1c(=S)[nH]c2cnccc21. The standard InChI is InChI=1S/C12H17N3OS/c1-3-4-9(8-16-2)15-11-5-6-13-7-10(11)14-12(15)17/h5-7,9H,3-4,8H2,1-2H3,(H,14,17). The van der Waals surface area contributed by atoms with Crippen molar-refractivity contribution >= 4 is 23.3 Å². The number of nitrogens with one attached hydrogen (secondary N) is 1. The van der Waals surface area contributed by atoms with Gasteiger partial charge in [-0.15, -0.1) is 0 Å². The highest BCUT2D eigenvalue weighted by Gasteiger charge is 2.14. The average Bonchev–Trinajstić information content (AvgIpc) is 2.64. The topological polar surface area (TPSA) is 42.8 Å². The van der Waals surface area contributed by atoms with Crippen molar-refractivity contribution in [2.75, 3.05) is 13.7 Å². The Hall–Kier alpha value is -1.20. The molecule has 0 fully saturated rings. The molecule has 17 heavy (non-hydrogen) atoms. The quantitative estimate of drug-likeness (QED) is 0.830. The molecule has 0 radical (unpaired) electrons. The molecule has 0 aliphatic rings. The van der Waals surface area contributed by atoms with Gasteiger partial charge in [-0.05, 0) is 24.7 Å². The van der Waals surface area contributed by atoms with Crippen LogP contribution >= 0.6 is 12.2 Å². The summed E-state index contributed by atoms with van der Waals surface area (Å²) >= 11 is 5.38. The van der Waals surface area contributed by atoms with E-state index < -0.39 is 0 Å². The van der Waals surface area contributed by atoms with Crippen LogP contribution in [0.15, 0.2) is 18.5 Å². The minimum absolute atomic E-state index is 0.286. The summed E-state index contributed by atoms with van der Waals surface area (Å²) in [4.78, 5) is 7.28. The second-order valence-electron chi connectivity index (χ2n) is 4.09.